The molecular formula is C25H32N2O4. The summed E-state index contributed by atoms with van der Waals surface area (Å²) in [6.07, 6.45) is 3.26. The molecule has 0 aromatic heterocycles. The van der Waals surface area contributed by atoms with E-state index in [4.69, 9.17) is 9.47 Å². The van der Waals surface area contributed by atoms with Gasteiger partial charge in [-0.2, -0.15) is 0 Å². The molecule has 2 amide bonds. The average molecular weight is 425 g/mol. The van der Waals surface area contributed by atoms with Crippen molar-refractivity contribution in [3.05, 3.63) is 59.2 Å². The van der Waals surface area contributed by atoms with Crippen LogP contribution in [0.3, 0.4) is 0 Å². The van der Waals surface area contributed by atoms with Gasteiger partial charge in [-0.05, 0) is 62.4 Å². The first-order valence-corrected chi connectivity index (χ1v) is 11.0. The van der Waals surface area contributed by atoms with Gasteiger partial charge in [-0.1, -0.05) is 24.3 Å². The number of rotatable bonds is 8. The number of amides is 2. The van der Waals surface area contributed by atoms with Crippen molar-refractivity contribution in [3.63, 3.8) is 0 Å². The minimum absolute atomic E-state index is 0.0136. The van der Waals surface area contributed by atoms with Crippen molar-refractivity contribution in [1.29, 1.82) is 0 Å². The van der Waals surface area contributed by atoms with E-state index in [0.29, 0.717) is 30.2 Å². The lowest BCUT2D eigenvalue weighted by molar-refractivity contribution is -0.134. The maximum atomic E-state index is 13.0. The largest absolute Gasteiger partial charge is 0.490 e. The summed E-state index contributed by atoms with van der Waals surface area (Å²) in [5, 5.41) is 0. The smallest absolute Gasteiger partial charge is 0.260 e. The standard InChI is InChI=1S/C25H32N2O4/c1-4-30-23-16-20(25(29)26(3)17-21-11-7-6-10-19(21)2)12-13-22(23)31-18-24(28)27-14-8-5-9-15-27/h6-7,10-13,16H,4-5,8-9,14-15,17-18H2,1-3H3. The normalized spacial score (nSPS) is 13.6. The third kappa shape index (κ3) is 6.00. The maximum absolute atomic E-state index is 13.0. The molecule has 6 nitrogen and oxygen atoms in total. The molecule has 2 aromatic rings. The van der Waals surface area contributed by atoms with Crippen molar-refractivity contribution >= 4 is 11.8 Å². The van der Waals surface area contributed by atoms with Crippen LogP contribution in [0.4, 0.5) is 0 Å². The Morgan fingerprint density at radius 1 is 1.00 bits per heavy atom. The van der Waals surface area contributed by atoms with Crippen LogP contribution < -0.4 is 9.47 Å². The number of likely N-dealkylation sites (tertiary alicyclic amines) is 1. The lowest BCUT2D eigenvalue weighted by Gasteiger charge is -2.26. The van der Waals surface area contributed by atoms with E-state index in [1.165, 1.54) is 6.42 Å². The highest BCUT2D eigenvalue weighted by molar-refractivity contribution is 5.94. The van der Waals surface area contributed by atoms with Crippen molar-refractivity contribution < 1.29 is 19.1 Å². The van der Waals surface area contributed by atoms with Crippen molar-refractivity contribution in [1.82, 2.24) is 9.80 Å². The topological polar surface area (TPSA) is 59.1 Å². The first-order valence-electron chi connectivity index (χ1n) is 11.0. The lowest BCUT2D eigenvalue weighted by atomic mass is 10.1. The number of carbonyl (C=O) groups excluding carboxylic acids is 2. The Bertz CT molecular complexity index is 906. The van der Waals surface area contributed by atoms with E-state index >= 15 is 0 Å². The molecule has 0 saturated carbocycles. The van der Waals surface area contributed by atoms with Crippen molar-refractivity contribution in [2.24, 2.45) is 0 Å². The van der Waals surface area contributed by atoms with Crippen LogP contribution in [0.2, 0.25) is 0 Å². The predicted molar refractivity (Wildman–Crippen MR) is 121 cm³/mol. The number of hydrogen-bond donors (Lipinski definition) is 0. The molecule has 31 heavy (non-hydrogen) atoms. The lowest BCUT2D eigenvalue weighted by Crippen LogP contribution is -2.38. The molecule has 1 saturated heterocycles. The van der Waals surface area contributed by atoms with Crippen molar-refractivity contribution in [2.45, 2.75) is 39.7 Å². The van der Waals surface area contributed by atoms with E-state index in [0.717, 1.165) is 37.1 Å². The Balaban J connectivity index is 1.67. The second kappa shape index (κ2) is 10.8. The molecule has 166 valence electrons. The van der Waals surface area contributed by atoms with Gasteiger partial charge in [0, 0.05) is 32.2 Å². The fourth-order valence-electron chi connectivity index (χ4n) is 3.74. The molecule has 1 fully saturated rings. The Kier molecular flexibility index (Phi) is 7.93. The first-order chi connectivity index (χ1) is 15.0. The van der Waals surface area contributed by atoms with Gasteiger partial charge in [0.25, 0.3) is 11.8 Å². The second-order valence-corrected chi connectivity index (χ2v) is 7.91. The summed E-state index contributed by atoms with van der Waals surface area (Å²) < 4.78 is 11.5. The highest BCUT2D eigenvalue weighted by Crippen LogP contribution is 2.29. The van der Waals surface area contributed by atoms with Gasteiger partial charge >= 0.3 is 0 Å². The molecule has 0 N–H and O–H groups in total. The van der Waals surface area contributed by atoms with Gasteiger partial charge in [-0.25, -0.2) is 0 Å². The molecule has 2 aromatic carbocycles. The maximum Gasteiger partial charge on any atom is 0.260 e. The van der Waals surface area contributed by atoms with E-state index in [1.54, 1.807) is 30.1 Å². The van der Waals surface area contributed by atoms with E-state index in [9.17, 15) is 9.59 Å². The number of hydrogen-bond acceptors (Lipinski definition) is 4. The summed E-state index contributed by atoms with van der Waals surface area (Å²) in [6.45, 7) is 6.44. The highest BCUT2D eigenvalue weighted by Gasteiger charge is 2.19. The Morgan fingerprint density at radius 2 is 1.74 bits per heavy atom. The Morgan fingerprint density at radius 3 is 2.45 bits per heavy atom. The van der Waals surface area contributed by atoms with Crippen LogP contribution in [0.5, 0.6) is 11.5 Å². The third-order valence-corrected chi connectivity index (χ3v) is 5.57. The number of nitrogens with zero attached hydrogens (tertiary/aromatic N) is 2. The predicted octanol–water partition coefficient (Wildman–Crippen LogP) is 4.06. The van der Waals surface area contributed by atoms with E-state index in [-0.39, 0.29) is 18.4 Å². The van der Waals surface area contributed by atoms with Crippen LogP contribution in [0.15, 0.2) is 42.5 Å². The molecule has 3 rings (SSSR count). The molecule has 0 spiro atoms. The third-order valence-electron chi connectivity index (χ3n) is 5.57. The number of carbonyl (C=O) groups is 2. The van der Waals surface area contributed by atoms with Gasteiger partial charge in [0.15, 0.2) is 18.1 Å². The fourth-order valence-corrected chi connectivity index (χ4v) is 3.74. The zero-order valence-corrected chi connectivity index (χ0v) is 18.7. The molecule has 0 unspecified atom stereocenters. The van der Waals surface area contributed by atoms with Gasteiger partial charge in [-0.3, -0.25) is 9.59 Å². The van der Waals surface area contributed by atoms with Gasteiger partial charge < -0.3 is 19.3 Å². The number of piperidine rings is 1. The molecule has 1 heterocycles. The minimum atomic E-state index is -0.0971. The molecule has 6 heteroatoms. The second-order valence-electron chi connectivity index (χ2n) is 7.91. The first kappa shape index (κ1) is 22.7. The zero-order chi connectivity index (χ0) is 22.2. The molecular weight excluding hydrogens is 392 g/mol. The van der Waals surface area contributed by atoms with Crippen LogP contribution in [-0.2, 0) is 11.3 Å². The molecule has 0 atom stereocenters. The highest BCUT2D eigenvalue weighted by atomic mass is 16.5. The van der Waals surface area contributed by atoms with Crippen LogP contribution in [0.25, 0.3) is 0 Å². The minimum Gasteiger partial charge on any atom is -0.490 e. The summed E-state index contributed by atoms with van der Waals surface area (Å²) in [7, 11) is 1.79. The SMILES string of the molecule is CCOc1cc(C(=O)N(C)Cc2ccccc2C)ccc1OCC(=O)N1CCCCC1. The summed E-state index contributed by atoms with van der Waals surface area (Å²) in [5.41, 5.74) is 2.79. The summed E-state index contributed by atoms with van der Waals surface area (Å²) in [6, 6.07) is 13.2. The fraction of sp³-hybridized carbons (Fsp3) is 0.440. The van der Waals surface area contributed by atoms with Crippen LogP contribution in [0, 0.1) is 6.92 Å². The summed E-state index contributed by atoms with van der Waals surface area (Å²) in [4.78, 5) is 28.9. The van der Waals surface area contributed by atoms with E-state index in [1.807, 2.05) is 43.0 Å². The van der Waals surface area contributed by atoms with Crippen LogP contribution >= 0.6 is 0 Å². The van der Waals surface area contributed by atoms with Crippen LogP contribution in [-0.4, -0.2) is 55.0 Å². The van der Waals surface area contributed by atoms with Gasteiger partial charge in [0.05, 0.1) is 6.61 Å². The van der Waals surface area contributed by atoms with E-state index < -0.39 is 0 Å². The molecule has 1 aliphatic heterocycles. The van der Waals surface area contributed by atoms with Gasteiger partial charge in [0.2, 0.25) is 0 Å². The molecule has 0 radical (unpaired) electrons. The van der Waals surface area contributed by atoms with Gasteiger partial charge in [-0.15, -0.1) is 0 Å². The number of aryl methyl sites for hydroxylation is 1. The van der Waals surface area contributed by atoms with E-state index in [2.05, 4.69) is 0 Å². The summed E-state index contributed by atoms with van der Waals surface area (Å²) in [5.74, 6) is 0.842. The molecule has 0 aliphatic carbocycles. The monoisotopic (exact) mass is 424 g/mol. The van der Waals surface area contributed by atoms with Gasteiger partial charge in [0.1, 0.15) is 0 Å². The summed E-state index contributed by atoms with van der Waals surface area (Å²) >= 11 is 0. The molecule has 1 aliphatic rings. The average Bonchev–Trinajstić information content (AvgIpc) is 2.79. The Hall–Kier alpha value is -3.02. The quantitative estimate of drug-likeness (QED) is 0.641. The number of ether oxygens (including phenoxy) is 2. The number of benzene rings is 2. The van der Waals surface area contributed by atoms with Crippen molar-refractivity contribution in [2.75, 3.05) is 33.4 Å². The van der Waals surface area contributed by atoms with Crippen molar-refractivity contribution in [3.8, 4) is 11.5 Å². The molecule has 0 bridgehead atoms. The zero-order valence-electron chi connectivity index (χ0n) is 18.7. The Labute approximate surface area is 184 Å². The van der Waals surface area contributed by atoms with Crippen LogP contribution in [0.1, 0.15) is 47.7 Å².